The number of ether oxygens (including phenoxy) is 1. The molecule has 2 aromatic carbocycles. The van der Waals surface area contributed by atoms with Gasteiger partial charge in [0.05, 0.1) is 18.6 Å². The Kier molecular flexibility index (Phi) is 6.83. The van der Waals surface area contributed by atoms with Gasteiger partial charge in [-0.25, -0.2) is 8.78 Å². The van der Waals surface area contributed by atoms with Crippen LogP contribution in [0.5, 0.6) is 0 Å². The van der Waals surface area contributed by atoms with Gasteiger partial charge in [0.1, 0.15) is 17.2 Å². The van der Waals surface area contributed by atoms with Gasteiger partial charge in [-0.1, -0.05) is 0 Å². The number of carbonyl (C=O) groups excluding carboxylic acids is 1. The van der Waals surface area contributed by atoms with Crippen molar-refractivity contribution in [3.63, 3.8) is 0 Å². The minimum Gasteiger partial charge on any atom is -0.440 e. The van der Waals surface area contributed by atoms with Crippen LogP contribution < -0.4 is 15.2 Å². The second-order valence-corrected chi connectivity index (χ2v) is 8.56. The summed E-state index contributed by atoms with van der Waals surface area (Å²) in [4.78, 5) is 30.8. The number of carbonyl (C=O) groups is 1. The van der Waals surface area contributed by atoms with Gasteiger partial charge in [0, 0.05) is 64.2 Å². The van der Waals surface area contributed by atoms with Gasteiger partial charge in [-0.15, -0.1) is 0 Å². The van der Waals surface area contributed by atoms with Crippen molar-refractivity contribution in [2.24, 2.45) is 0 Å². The van der Waals surface area contributed by atoms with Crippen LogP contribution in [0.15, 0.2) is 45.6 Å². The first-order valence-electron chi connectivity index (χ1n) is 11.1. The Morgan fingerprint density at radius 3 is 2.32 bits per heavy atom. The van der Waals surface area contributed by atoms with Crippen molar-refractivity contribution in [2.45, 2.75) is 6.42 Å². The van der Waals surface area contributed by atoms with Crippen molar-refractivity contribution in [3.8, 4) is 0 Å². The van der Waals surface area contributed by atoms with Crippen LogP contribution in [-0.4, -0.2) is 64.8 Å². The van der Waals surface area contributed by atoms with Crippen molar-refractivity contribution >= 4 is 28.4 Å². The lowest BCUT2D eigenvalue weighted by molar-refractivity contribution is 0.0827. The zero-order valence-electron chi connectivity index (χ0n) is 19.4. The second kappa shape index (κ2) is 9.80. The molecule has 180 valence electrons. The van der Waals surface area contributed by atoms with E-state index in [2.05, 4.69) is 0 Å². The van der Waals surface area contributed by atoms with Gasteiger partial charge >= 0.3 is 0 Å². The minimum absolute atomic E-state index is 0.236. The zero-order chi connectivity index (χ0) is 24.4. The molecule has 3 aromatic rings. The molecule has 1 fully saturated rings. The molecule has 1 saturated heterocycles. The summed E-state index contributed by atoms with van der Waals surface area (Å²) in [5, 5.41) is 0.319. The highest BCUT2D eigenvalue weighted by Crippen LogP contribution is 2.26. The molecule has 0 radical (unpaired) electrons. The molecule has 1 aliphatic heterocycles. The average molecular weight is 472 g/mol. The highest BCUT2D eigenvalue weighted by atomic mass is 19.1. The van der Waals surface area contributed by atoms with Crippen molar-refractivity contribution in [3.05, 3.63) is 69.4 Å². The highest BCUT2D eigenvalue weighted by Gasteiger charge is 2.20. The van der Waals surface area contributed by atoms with Crippen LogP contribution in [0.3, 0.4) is 0 Å². The summed E-state index contributed by atoms with van der Waals surface area (Å²) in [7, 11) is 5.01. The summed E-state index contributed by atoms with van der Waals surface area (Å²) in [5.41, 5.74) is 1.59. The molecule has 7 nitrogen and oxygen atoms in total. The van der Waals surface area contributed by atoms with E-state index in [0.29, 0.717) is 72.9 Å². The van der Waals surface area contributed by atoms with E-state index in [0.717, 1.165) is 6.07 Å². The van der Waals surface area contributed by atoms with Crippen molar-refractivity contribution in [2.75, 3.05) is 63.8 Å². The molecule has 0 saturated carbocycles. The monoisotopic (exact) mass is 471 g/mol. The first-order chi connectivity index (χ1) is 16.2. The Bertz CT molecular complexity index is 1250. The van der Waals surface area contributed by atoms with E-state index in [-0.39, 0.29) is 11.3 Å². The van der Waals surface area contributed by atoms with Crippen LogP contribution in [-0.2, 0) is 11.2 Å². The molecule has 1 aliphatic rings. The number of morpholine rings is 1. The molecule has 0 unspecified atom stereocenters. The van der Waals surface area contributed by atoms with Gasteiger partial charge < -0.3 is 23.9 Å². The first-order valence-corrected chi connectivity index (χ1v) is 11.1. The number of hydrogen-bond acceptors (Lipinski definition) is 6. The molecule has 1 amide bonds. The number of halogens is 2. The number of benzene rings is 2. The average Bonchev–Trinajstić information content (AvgIpc) is 2.81. The normalized spacial score (nSPS) is 13.9. The van der Waals surface area contributed by atoms with Gasteiger partial charge in [-0.3, -0.25) is 9.59 Å². The summed E-state index contributed by atoms with van der Waals surface area (Å²) in [5.74, 6) is -1.10. The number of anilines is 2. The Labute approximate surface area is 196 Å². The molecular formula is C25H27F2N3O4. The van der Waals surface area contributed by atoms with Crippen LogP contribution in [0.25, 0.3) is 11.0 Å². The van der Waals surface area contributed by atoms with Gasteiger partial charge in [0.2, 0.25) is 0 Å². The van der Waals surface area contributed by atoms with Crippen LogP contribution in [0, 0.1) is 11.6 Å². The molecule has 1 aromatic heterocycles. The number of likely N-dealkylation sites (N-methyl/N-ethyl adjacent to an activating group) is 1. The third-order valence-electron chi connectivity index (χ3n) is 5.87. The van der Waals surface area contributed by atoms with E-state index in [1.54, 1.807) is 38.2 Å². The maximum Gasteiger partial charge on any atom is 0.253 e. The van der Waals surface area contributed by atoms with Crippen molar-refractivity contribution in [1.29, 1.82) is 0 Å². The van der Waals surface area contributed by atoms with Gasteiger partial charge in [0.15, 0.2) is 11.3 Å². The SMILES string of the molecule is CN(C)C(=O)c1cc(CCN(C)c2cc(F)cc(F)c2)c2oc(N3CCOCC3)cc(=O)c2c1. The summed E-state index contributed by atoms with van der Waals surface area (Å²) in [6.07, 6.45) is 0.384. The largest absolute Gasteiger partial charge is 0.440 e. The smallest absolute Gasteiger partial charge is 0.253 e. The van der Waals surface area contributed by atoms with E-state index in [9.17, 15) is 18.4 Å². The van der Waals surface area contributed by atoms with Crippen molar-refractivity contribution < 1.29 is 22.7 Å². The molecule has 0 N–H and O–H groups in total. The number of hydrogen-bond donors (Lipinski definition) is 0. The topological polar surface area (TPSA) is 66.2 Å². The summed E-state index contributed by atoms with van der Waals surface area (Å²) >= 11 is 0. The highest BCUT2D eigenvalue weighted by molar-refractivity contribution is 5.98. The van der Waals surface area contributed by atoms with E-state index in [1.165, 1.54) is 23.1 Å². The van der Waals surface area contributed by atoms with E-state index in [4.69, 9.17) is 9.15 Å². The summed E-state index contributed by atoms with van der Waals surface area (Å²) in [6, 6.07) is 8.05. The molecular weight excluding hydrogens is 444 g/mol. The van der Waals surface area contributed by atoms with Crippen LogP contribution in [0.4, 0.5) is 20.4 Å². The van der Waals surface area contributed by atoms with Crippen LogP contribution in [0.1, 0.15) is 15.9 Å². The Morgan fingerprint density at radius 1 is 1.00 bits per heavy atom. The third-order valence-corrected chi connectivity index (χ3v) is 5.87. The quantitative estimate of drug-likeness (QED) is 0.550. The molecule has 2 heterocycles. The van der Waals surface area contributed by atoms with Gasteiger partial charge in [-0.2, -0.15) is 0 Å². The fourth-order valence-corrected chi connectivity index (χ4v) is 4.00. The summed E-state index contributed by atoms with van der Waals surface area (Å²) < 4.78 is 38.9. The molecule has 4 rings (SSSR count). The van der Waals surface area contributed by atoms with Crippen molar-refractivity contribution in [1.82, 2.24) is 4.90 Å². The van der Waals surface area contributed by atoms with E-state index >= 15 is 0 Å². The maximum atomic E-state index is 13.7. The number of amides is 1. The van der Waals surface area contributed by atoms with E-state index < -0.39 is 11.6 Å². The predicted molar refractivity (Wildman–Crippen MR) is 127 cm³/mol. The molecule has 0 spiro atoms. The Balaban J connectivity index is 1.74. The number of rotatable bonds is 6. The Hall–Kier alpha value is -3.46. The minimum atomic E-state index is -0.660. The van der Waals surface area contributed by atoms with Crippen LogP contribution in [0.2, 0.25) is 0 Å². The fourth-order valence-electron chi connectivity index (χ4n) is 4.00. The Morgan fingerprint density at radius 2 is 1.68 bits per heavy atom. The zero-order valence-corrected chi connectivity index (χ0v) is 19.4. The van der Waals surface area contributed by atoms with Crippen LogP contribution >= 0.6 is 0 Å². The molecule has 0 atom stereocenters. The van der Waals surface area contributed by atoms with Gasteiger partial charge in [0.25, 0.3) is 5.91 Å². The standard InChI is InChI=1S/C25H27F2N3O4/c1-28(2)25(32)17-10-16(4-5-29(3)20-13-18(26)12-19(27)14-20)24-21(11-17)22(31)15-23(34-24)30-6-8-33-9-7-30/h10-15H,4-9H2,1-3H3. The lowest BCUT2D eigenvalue weighted by Gasteiger charge is -2.27. The second-order valence-electron chi connectivity index (χ2n) is 8.56. The molecule has 34 heavy (non-hydrogen) atoms. The first kappa shape index (κ1) is 23.7. The maximum absolute atomic E-state index is 13.7. The summed E-state index contributed by atoms with van der Waals surface area (Å²) in [6.45, 7) is 2.67. The fraction of sp³-hybridized carbons (Fsp3) is 0.360. The number of nitrogens with zero attached hydrogens (tertiary/aromatic N) is 3. The van der Waals surface area contributed by atoms with Gasteiger partial charge in [-0.05, 0) is 36.2 Å². The lowest BCUT2D eigenvalue weighted by atomic mass is 10.0. The third kappa shape index (κ3) is 5.04. The predicted octanol–water partition coefficient (Wildman–Crippen LogP) is 3.29. The lowest BCUT2D eigenvalue weighted by Crippen LogP contribution is -2.36. The van der Waals surface area contributed by atoms with E-state index in [1.807, 2.05) is 4.90 Å². The number of fused-ring (bicyclic) bond motifs is 1. The molecule has 9 heteroatoms. The molecule has 0 aliphatic carbocycles. The molecule has 0 bridgehead atoms.